The molecular weight excluding hydrogens is 235 g/mol. The van der Waals surface area contributed by atoms with E-state index in [1.807, 2.05) is 6.07 Å². The third-order valence-electron chi connectivity index (χ3n) is 2.52. The molecule has 1 aromatic heterocycles. The Kier molecular flexibility index (Phi) is 4.12. The van der Waals surface area contributed by atoms with Gasteiger partial charge in [0.25, 0.3) is 0 Å². The first-order valence-corrected chi connectivity index (χ1v) is 6.40. The normalized spacial score (nSPS) is 10.5. The minimum atomic E-state index is -0.211. The van der Waals surface area contributed by atoms with Crippen molar-refractivity contribution >= 4 is 17.0 Å². The molecule has 0 unspecified atom stereocenters. The Morgan fingerprint density at radius 1 is 1.18 bits per heavy atom. The van der Waals surface area contributed by atoms with Crippen LogP contribution >= 0.6 is 11.3 Å². The Labute approximate surface area is 104 Å². The van der Waals surface area contributed by atoms with Crippen molar-refractivity contribution in [3.63, 3.8) is 0 Å². The third-order valence-corrected chi connectivity index (χ3v) is 3.38. The lowest BCUT2D eigenvalue weighted by molar-refractivity contribution is 0.627. The van der Waals surface area contributed by atoms with E-state index in [0.717, 1.165) is 18.8 Å². The lowest BCUT2D eigenvalue weighted by atomic mass is 10.2. The fourth-order valence-electron chi connectivity index (χ4n) is 1.70. The first kappa shape index (κ1) is 12.1. The lowest BCUT2D eigenvalue weighted by Crippen LogP contribution is -2.28. The number of thiophene rings is 1. The largest absolute Gasteiger partial charge is 0.365 e. The number of nitrogens with two attached hydrogens (primary N) is 1. The molecule has 2 nitrogen and oxygen atoms in total. The topological polar surface area (TPSA) is 29.3 Å². The average Bonchev–Trinajstić information content (AvgIpc) is 2.82. The van der Waals surface area contributed by atoms with E-state index in [1.165, 1.54) is 17.0 Å². The van der Waals surface area contributed by atoms with Crippen LogP contribution in [-0.4, -0.2) is 13.1 Å². The van der Waals surface area contributed by atoms with Crippen LogP contribution in [0.4, 0.5) is 10.1 Å². The van der Waals surface area contributed by atoms with Crippen molar-refractivity contribution in [2.24, 2.45) is 5.73 Å². The highest BCUT2D eigenvalue weighted by atomic mass is 32.1. The van der Waals surface area contributed by atoms with Crippen molar-refractivity contribution in [2.45, 2.75) is 6.54 Å². The average molecular weight is 250 g/mol. The second-order valence-electron chi connectivity index (χ2n) is 3.77. The number of halogens is 1. The standard InChI is InChI=1S/C13H15FN2S/c14-11-3-5-12(6-4-11)16(8-7-15)10-13-2-1-9-17-13/h1-6,9H,7-8,10,15H2. The zero-order valence-corrected chi connectivity index (χ0v) is 10.3. The van der Waals surface area contributed by atoms with Gasteiger partial charge in [-0.25, -0.2) is 4.39 Å². The predicted molar refractivity (Wildman–Crippen MR) is 70.8 cm³/mol. The fraction of sp³-hybridized carbons (Fsp3) is 0.231. The van der Waals surface area contributed by atoms with E-state index in [-0.39, 0.29) is 5.82 Å². The van der Waals surface area contributed by atoms with Crippen LogP contribution in [-0.2, 0) is 6.54 Å². The van der Waals surface area contributed by atoms with E-state index in [9.17, 15) is 4.39 Å². The zero-order valence-electron chi connectivity index (χ0n) is 9.47. The molecule has 2 rings (SSSR count). The Balaban J connectivity index is 2.13. The monoisotopic (exact) mass is 250 g/mol. The van der Waals surface area contributed by atoms with Crippen LogP contribution in [0.15, 0.2) is 41.8 Å². The second-order valence-corrected chi connectivity index (χ2v) is 4.80. The first-order valence-electron chi connectivity index (χ1n) is 5.52. The van der Waals surface area contributed by atoms with Gasteiger partial charge in [0.1, 0.15) is 5.82 Å². The summed E-state index contributed by atoms with van der Waals surface area (Å²) in [7, 11) is 0. The van der Waals surface area contributed by atoms with Gasteiger partial charge in [0.2, 0.25) is 0 Å². The van der Waals surface area contributed by atoms with Crippen LogP contribution in [0.1, 0.15) is 4.88 Å². The summed E-state index contributed by atoms with van der Waals surface area (Å²) < 4.78 is 12.9. The van der Waals surface area contributed by atoms with E-state index in [4.69, 9.17) is 5.73 Å². The molecule has 1 aromatic carbocycles. The van der Waals surface area contributed by atoms with Gasteiger partial charge in [-0.2, -0.15) is 0 Å². The van der Waals surface area contributed by atoms with Crippen LogP contribution in [0.25, 0.3) is 0 Å². The molecule has 0 aliphatic heterocycles. The maximum absolute atomic E-state index is 12.9. The first-order chi connectivity index (χ1) is 8.29. The molecule has 1 heterocycles. The molecule has 17 heavy (non-hydrogen) atoms. The highest BCUT2D eigenvalue weighted by Crippen LogP contribution is 2.19. The van der Waals surface area contributed by atoms with Crippen molar-refractivity contribution in [3.05, 3.63) is 52.5 Å². The molecule has 0 aliphatic rings. The van der Waals surface area contributed by atoms with E-state index >= 15 is 0 Å². The van der Waals surface area contributed by atoms with Crippen molar-refractivity contribution < 1.29 is 4.39 Å². The van der Waals surface area contributed by atoms with Crippen molar-refractivity contribution in [2.75, 3.05) is 18.0 Å². The number of hydrogen-bond acceptors (Lipinski definition) is 3. The summed E-state index contributed by atoms with van der Waals surface area (Å²) in [6, 6.07) is 10.7. The summed E-state index contributed by atoms with van der Waals surface area (Å²) in [4.78, 5) is 3.44. The van der Waals surface area contributed by atoms with Gasteiger partial charge in [-0.15, -0.1) is 11.3 Å². The Morgan fingerprint density at radius 2 is 1.94 bits per heavy atom. The van der Waals surface area contributed by atoms with Crippen molar-refractivity contribution in [1.82, 2.24) is 0 Å². The number of hydrogen-bond donors (Lipinski definition) is 1. The van der Waals surface area contributed by atoms with Gasteiger partial charge >= 0.3 is 0 Å². The Hall–Kier alpha value is -1.39. The van der Waals surface area contributed by atoms with E-state index in [0.29, 0.717) is 6.54 Å². The van der Waals surface area contributed by atoms with Gasteiger partial charge in [-0.3, -0.25) is 0 Å². The van der Waals surface area contributed by atoms with Gasteiger partial charge in [-0.05, 0) is 35.7 Å². The molecule has 0 saturated carbocycles. The molecule has 0 fully saturated rings. The molecule has 4 heteroatoms. The number of rotatable bonds is 5. The molecule has 2 N–H and O–H groups in total. The summed E-state index contributed by atoms with van der Waals surface area (Å²) in [6.07, 6.45) is 0. The molecule has 2 aromatic rings. The van der Waals surface area contributed by atoms with Crippen LogP contribution in [0, 0.1) is 5.82 Å². The highest BCUT2D eigenvalue weighted by molar-refractivity contribution is 7.09. The maximum Gasteiger partial charge on any atom is 0.123 e. The summed E-state index contributed by atoms with van der Waals surface area (Å²) in [5.74, 6) is -0.211. The minimum absolute atomic E-state index is 0.211. The summed E-state index contributed by atoms with van der Waals surface area (Å²) in [5.41, 5.74) is 6.62. The van der Waals surface area contributed by atoms with Crippen LogP contribution in [0.2, 0.25) is 0 Å². The molecule has 0 saturated heterocycles. The molecule has 0 spiro atoms. The van der Waals surface area contributed by atoms with Gasteiger partial charge < -0.3 is 10.6 Å². The van der Waals surface area contributed by atoms with Gasteiger partial charge in [0.05, 0.1) is 6.54 Å². The molecule has 0 atom stereocenters. The molecule has 90 valence electrons. The minimum Gasteiger partial charge on any atom is -0.365 e. The number of benzene rings is 1. The van der Waals surface area contributed by atoms with E-state index < -0.39 is 0 Å². The van der Waals surface area contributed by atoms with Crippen molar-refractivity contribution in [1.29, 1.82) is 0 Å². The molecular formula is C13H15FN2S. The number of nitrogens with zero attached hydrogens (tertiary/aromatic N) is 1. The second kappa shape index (κ2) is 5.80. The number of anilines is 1. The fourth-order valence-corrected chi connectivity index (χ4v) is 2.42. The van der Waals surface area contributed by atoms with Crippen molar-refractivity contribution in [3.8, 4) is 0 Å². The molecule has 0 bridgehead atoms. The lowest BCUT2D eigenvalue weighted by Gasteiger charge is -2.23. The quantitative estimate of drug-likeness (QED) is 0.884. The van der Waals surface area contributed by atoms with E-state index in [1.54, 1.807) is 23.5 Å². The molecule has 0 amide bonds. The highest BCUT2D eigenvalue weighted by Gasteiger charge is 2.07. The predicted octanol–water partition coefficient (Wildman–Crippen LogP) is 2.85. The van der Waals surface area contributed by atoms with Gasteiger partial charge in [0.15, 0.2) is 0 Å². The van der Waals surface area contributed by atoms with Gasteiger partial charge in [-0.1, -0.05) is 6.07 Å². The Bertz CT molecular complexity index is 439. The van der Waals surface area contributed by atoms with Crippen LogP contribution in [0.3, 0.4) is 0 Å². The SMILES string of the molecule is NCCN(Cc1cccs1)c1ccc(F)cc1. The Morgan fingerprint density at radius 3 is 2.53 bits per heavy atom. The summed E-state index contributed by atoms with van der Waals surface area (Å²) >= 11 is 1.72. The maximum atomic E-state index is 12.9. The van der Waals surface area contributed by atoms with E-state index in [2.05, 4.69) is 16.3 Å². The molecule has 0 aliphatic carbocycles. The third kappa shape index (κ3) is 3.28. The zero-order chi connectivity index (χ0) is 12.1. The summed E-state index contributed by atoms with van der Waals surface area (Å²) in [5, 5.41) is 2.06. The van der Waals surface area contributed by atoms with Gasteiger partial charge in [0, 0.05) is 23.7 Å². The van der Waals surface area contributed by atoms with Crippen LogP contribution in [0.5, 0.6) is 0 Å². The summed E-state index contributed by atoms with van der Waals surface area (Å²) in [6.45, 7) is 2.17. The smallest absolute Gasteiger partial charge is 0.123 e. The van der Waals surface area contributed by atoms with Crippen LogP contribution < -0.4 is 10.6 Å². The molecule has 0 radical (unpaired) electrons.